The molecule has 2 rings (SSSR count). The van der Waals surface area contributed by atoms with Crippen LogP contribution in [0.1, 0.15) is 16.7 Å². The van der Waals surface area contributed by atoms with Gasteiger partial charge in [0.25, 0.3) is 0 Å². The molecule has 104 valence electrons. The van der Waals surface area contributed by atoms with E-state index in [0.29, 0.717) is 4.99 Å². The predicted octanol–water partition coefficient (Wildman–Crippen LogP) is 3.69. The Morgan fingerprint density at radius 3 is 2.50 bits per heavy atom. The van der Waals surface area contributed by atoms with Crippen molar-refractivity contribution >= 4 is 28.6 Å². The van der Waals surface area contributed by atoms with Crippen LogP contribution < -0.4 is 15.8 Å². The largest absolute Gasteiger partial charge is 0.495 e. The molecule has 0 heterocycles. The first-order valence-electron chi connectivity index (χ1n) is 6.33. The Balaban J connectivity index is 2.33. The Bertz CT molecular complexity index is 653. The number of anilines is 2. The van der Waals surface area contributed by atoms with E-state index in [2.05, 4.69) is 11.4 Å². The molecule has 0 saturated heterocycles. The zero-order chi connectivity index (χ0) is 14.7. The Morgan fingerprint density at radius 1 is 1.15 bits per heavy atom. The molecule has 0 aliphatic rings. The number of hydrogen-bond acceptors (Lipinski definition) is 3. The second-order valence-corrected chi connectivity index (χ2v) is 5.16. The summed E-state index contributed by atoms with van der Waals surface area (Å²) in [7, 11) is 1.66. The summed E-state index contributed by atoms with van der Waals surface area (Å²) in [5.41, 5.74) is 10.7. The normalized spacial score (nSPS) is 10.2. The summed E-state index contributed by atoms with van der Waals surface area (Å²) >= 11 is 5.02. The van der Waals surface area contributed by atoms with Gasteiger partial charge in [-0.2, -0.15) is 0 Å². The van der Waals surface area contributed by atoms with Gasteiger partial charge in [-0.3, -0.25) is 0 Å². The first-order chi connectivity index (χ1) is 9.51. The molecule has 0 spiro atoms. The minimum absolute atomic E-state index is 0.419. The maximum absolute atomic E-state index is 5.67. The van der Waals surface area contributed by atoms with Crippen molar-refractivity contribution in [2.75, 3.05) is 12.4 Å². The smallest absolute Gasteiger partial charge is 0.142 e. The van der Waals surface area contributed by atoms with Gasteiger partial charge in [-0.05, 0) is 55.3 Å². The van der Waals surface area contributed by atoms with E-state index in [1.807, 2.05) is 44.2 Å². The van der Waals surface area contributed by atoms with E-state index >= 15 is 0 Å². The van der Waals surface area contributed by atoms with Gasteiger partial charge in [0.15, 0.2) is 0 Å². The van der Waals surface area contributed by atoms with Gasteiger partial charge >= 0.3 is 0 Å². The van der Waals surface area contributed by atoms with Crippen LogP contribution in [0, 0.1) is 13.8 Å². The number of nitrogens with two attached hydrogens (primary N) is 1. The Kier molecular flexibility index (Phi) is 4.25. The standard InChI is InChI=1S/C16H18N2OS/c1-10-4-7-15(19-3)14(8-10)18-12-5-6-13(16(17)20)11(2)9-12/h4-9,18H,1-3H3,(H2,17,20). The second-order valence-electron chi connectivity index (χ2n) is 4.72. The highest BCUT2D eigenvalue weighted by molar-refractivity contribution is 7.80. The minimum Gasteiger partial charge on any atom is -0.495 e. The molecule has 0 radical (unpaired) electrons. The Labute approximate surface area is 124 Å². The SMILES string of the molecule is COc1ccc(C)cc1Nc1ccc(C(N)=S)c(C)c1. The Morgan fingerprint density at radius 2 is 1.90 bits per heavy atom. The van der Waals surface area contributed by atoms with Crippen molar-refractivity contribution in [3.8, 4) is 5.75 Å². The van der Waals surface area contributed by atoms with Crippen LogP contribution >= 0.6 is 12.2 Å². The van der Waals surface area contributed by atoms with Crippen LogP contribution in [0.5, 0.6) is 5.75 Å². The highest BCUT2D eigenvalue weighted by Gasteiger charge is 2.06. The van der Waals surface area contributed by atoms with E-state index in [1.54, 1.807) is 7.11 Å². The lowest BCUT2D eigenvalue weighted by Crippen LogP contribution is -2.11. The van der Waals surface area contributed by atoms with Crippen LogP contribution in [0.4, 0.5) is 11.4 Å². The third-order valence-corrected chi connectivity index (χ3v) is 3.35. The van der Waals surface area contributed by atoms with E-state index in [0.717, 1.165) is 28.3 Å². The van der Waals surface area contributed by atoms with Crippen LogP contribution in [0.25, 0.3) is 0 Å². The summed E-state index contributed by atoms with van der Waals surface area (Å²) in [6.07, 6.45) is 0. The average Bonchev–Trinajstić information content (AvgIpc) is 2.38. The Hall–Kier alpha value is -2.07. The van der Waals surface area contributed by atoms with Gasteiger partial charge in [-0.1, -0.05) is 18.3 Å². The zero-order valence-corrected chi connectivity index (χ0v) is 12.7. The summed E-state index contributed by atoms with van der Waals surface area (Å²) < 4.78 is 5.36. The lowest BCUT2D eigenvalue weighted by molar-refractivity contribution is 0.416. The molecule has 0 aliphatic carbocycles. The molecule has 0 amide bonds. The highest BCUT2D eigenvalue weighted by atomic mass is 32.1. The van der Waals surface area contributed by atoms with Gasteiger partial charge in [0.1, 0.15) is 10.7 Å². The number of thiocarbonyl (C=S) groups is 1. The minimum atomic E-state index is 0.419. The van der Waals surface area contributed by atoms with Gasteiger partial charge in [0, 0.05) is 11.3 Å². The molecule has 20 heavy (non-hydrogen) atoms. The van der Waals surface area contributed by atoms with Crippen LogP contribution in [0.3, 0.4) is 0 Å². The molecule has 2 aromatic carbocycles. The zero-order valence-electron chi connectivity index (χ0n) is 11.9. The van der Waals surface area contributed by atoms with Gasteiger partial charge in [-0.25, -0.2) is 0 Å². The van der Waals surface area contributed by atoms with Crippen molar-refractivity contribution < 1.29 is 4.74 Å². The fourth-order valence-corrected chi connectivity index (χ4v) is 2.32. The van der Waals surface area contributed by atoms with Crippen molar-refractivity contribution in [2.24, 2.45) is 5.73 Å². The summed E-state index contributed by atoms with van der Waals surface area (Å²) in [5, 5.41) is 3.36. The first kappa shape index (κ1) is 14.3. The molecule has 0 saturated carbocycles. The molecule has 0 atom stereocenters. The maximum atomic E-state index is 5.67. The lowest BCUT2D eigenvalue weighted by atomic mass is 10.1. The van der Waals surface area contributed by atoms with Crippen molar-refractivity contribution in [1.82, 2.24) is 0 Å². The summed E-state index contributed by atoms with van der Waals surface area (Å²) in [5.74, 6) is 0.812. The van der Waals surface area contributed by atoms with Crippen LogP contribution in [0.15, 0.2) is 36.4 Å². The molecule has 3 nitrogen and oxygen atoms in total. The van der Waals surface area contributed by atoms with Gasteiger partial charge in [0.2, 0.25) is 0 Å². The highest BCUT2D eigenvalue weighted by Crippen LogP contribution is 2.29. The second kappa shape index (κ2) is 5.92. The van der Waals surface area contributed by atoms with E-state index < -0.39 is 0 Å². The number of nitrogens with one attached hydrogen (secondary N) is 1. The topological polar surface area (TPSA) is 47.3 Å². The number of ether oxygens (including phenoxy) is 1. The van der Waals surface area contributed by atoms with Gasteiger partial charge in [-0.15, -0.1) is 0 Å². The fraction of sp³-hybridized carbons (Fsp3) is 0.188. The number of methoxy groups -OCH3 is 1. The van der Waals surface area contributed by atoms with E-state index in [4.69, 9.17) is 22.7 Å². The number of rotatable bonds is 4. The lowest BCUT2D eigenvalue weighted by Gasteiger charge is -2.13. The van der Waals surface area contributed by atoms with Crippen molar-refractivity contribution in [2.45, 2.75) is 13.8 Å². The third kappa shape index (κ3) is 3.08. The molecular weight excluding hydrogens is 268 g/mol. The third-order valence-electron chi connectivity index (χ3n) is 3.13. The fourth-order valence-electron chi connectivity index (χ4n) is 2.09. The molecule has 0 fully saturated rings. The molecule has 0 aromatic heterocycles. The predicted molar refractivity (Wildman–Crippen MR) is 88.1 cm³/mol. The first-order valence-corrected chi connectivity index (χ1v) is 6.74. The van der Waals surface area contributed by atoms with E-state index in [-0.39, 0.29) is 0 Å². The maximum Gasteiger partial charge on any atom is 0.142 e. The number of benzene rings is 2. The molecule has 2 aromatic rings. The molecule has 0 bridgehead atoms. The molecule has 4 heteroatoms. The monoisotopic (exact) mass is 286 g/mol. The van der Waals surface area contributed by atoms with E-state index in [9.17, 15) is 0 Å². The van der Waals surface area contributed by atoms with E-state index in [1.165, 1.54) is 5.56 Å². The van der Waals surface area contributed by atoms with Crippen LogP contribution in [-0.2, 0) is 0 Å². The molecule has 3 N–H and O–H groups in total. The van der Waals surface area contributed by atoms with Crippen LogP contribution in [-0.4, -0.2) is 12.1 Å². The van der Waals surface area contributed by atoms with Crippen LogP contribution in [0.2, 0.25) is 0 Å². The van der Waals surface area contributed by atoms with Crippen molar-refractivity contribution in [1.29, 1.82) is 0 Å². The molecule has 0 aliphatic heterocycles. The summed E-state index contributed by atoms with van der Waals surface area (Å²) in [6.45, 7) is 4.04. The van der Waals surface area contributed by atoms with Gasteiger partial charge < -0.3 is 15.8 Å². The molecular formula is C16H18N2OS. The summed E-state index contributed by atoms with van der Waals surface area (Å²) in [6, 6.07) is 11.9. The quantitative estimate of drug-likeness (QED) is 0.842. The number of hydrogen-bond donors (Lipinski definition) is 2. The number of aryl methyl sites for hydroxylation is 2. The average molecular weight is 286 g/mol. The van der Waals surface area contributed by atoms with Gasteiger partial charge in [0.05, 0.1) is 12.8 Å². The summed E-state index contributed by atoms with van der Waals surface area (Å²) in [4.78, 5) is 0.419. The molecule has 0 unspecified atom stereocenters. The van der Waals surface area contributed by atoms with Crippen molar-refractivity contribution in [3.63, 3.8) is 0 Å². The van der Waals surface area contributed by atoms with Crippen molar-refractivity contribution in [3.05, 3.63) is 53.1 Å².